The van der Waals surface area contributed by atoms with Crippen molar-refractivity contribution in [1.29, 1.82) is 0 Å². The number of carbonyl (C=O) groups is 4. The summed E-state index contributed by atoms with van der Waals surface area (Å²) in [5.41, 5.74) is 1.07. The summed E-state index contributed by atoms with van der Waals surface area (Å²) in [6.07, 6.45) is 4.70. The Morgan fingerprint density at radius 2 is 1.93 bits per heavy atom. The molecule has 220 valence electrons. The minimum atomic E-state index is -1.43. The van der Waals surface area contributed by atoms with Gasteiger partial charge in [-0.15, -0.1) is 0 Å². The summed E-state index contributed by atoms with van der Waals surface area (Å²) in [4.78, 5) is 57.9. The second-order valence-electron chi connectivity index (χ2n) is 11.4. The topological polar surface area (TPSA) is 125 Å². The van der Waals surface area contributed by atoms with Crippen LogP contribution in [0.25, 0.3) is 0 Å². The lowest BCUT2D eigenvalue weighted by Gasteiger charge is -2.38. The SMILES string of the molecule is Cc1ccc(C)c(N2C/C=C\CCC(=O)NC[C@H](C)OC(=O)[C@H]3[C@@H]4O[C@@]5(C=C4Br)[C@@H]3C(=O)N([C@H](C)CO)[C@@H]5C2=O)c1. The number of hydrogen-bond acceptors (Lipinski definition) is 7. The van der Waals surface area contributed by atoms with E-state index in [1.807, 2.05) is 44.2 Å². The van der Waals surface area contributed by atoms with Gasteiger partial charge < -0.3 is 29.7 Å². The van der Waals surface area contributed by atoms with Gasteiger partial charge in [0.05, 0.1) is 25.1 Å². The Hall–Kier alpha value is -3.02. The van der Waals surface area contributed by atoms with E-state index in [2.05, 4.69) is 21.2 Å². The molecule has 0 saturated carbocycles. The van der Waals surface area contributed by atoms with E-state index < -0.39 is 53.6 Å². The molecule has 1 aromatic carbocycles. The Kier molecular flexibility index (Phi) is 8.15. The molecule has 1 aromatic rings. The molecule has 3 amide bonds. The van der Waals surface area contributed by atoms with E-state index in [9.17, 15) is 24.3 Å². The van der Waals surface area contributed by atoms with Gasteiger partial charge in [-0.05, 0) is 57.4 Å². The predicted octanol–water partition coefficient (Wildman–Crippen LogP) is 2.29. The number of hydrogen-bond donors (Lipinski definition) is 2. The minimum absolute atomic E-state index is 0.127. The number of anilines is 1. The first-order valence-corrected chi connectivity index (χ1v) is 14.8. The van der Waals surface area contributed by atoms with Gasteiger partial charge in [0.25, 0.3) is 5.91 Å². The van der Waals surface area contributed by atoms with Crippen molar-refractivity contribution in [2.45, 2.75) is 70.4 Å². The first-order chi connectivity index (χ1) is 19.5. The molecular weight excluding hydrogens is 594 g/mol. The summed E-state index contributed by atoms with van der Waals surface area (Å²) in [7, 11) is 0. The maximum Gasteiger partial charge on any atom is 0.313 e. The van der Waals surface area contributed by atoms with E-state index in [0.717, 1.165) is 11.1 Å². The number of aryl methyl sites for hydroxylation is 2. The molecule has 41 heavy (non-hydrogen) atoms. The Bertz CT molecular complexity index is 1330. The molecule has 4 heterocycles. The highest BCUT2D eigenvalue weighted by Gasteiger charge is 2.75. The Morgan fingerprint density at radius 3 is 2.66 bits per heavy atom. The van der Waals surface area contributed by atoms with Crippen LogP contribution in [0.2, 0.25) is 0 Å². The molecule has 5 rings (SSSR count). The fraction of sp³-hybridized carbons (Fsp3) is 0.533. The van der Waals surface area contributed by atoms with Crippen molar-refractivity contribution in [3.05, 3.63) is 52.0 Å². The van der Waals surface area contributed by atoms with Crippen LogP contribution in [0.4, 0.5) is 5.69 Å². The van der Waals surface area contributed by atoms with Crippen molar-refractivity contribution in [3.63, 3.8) is 0 Å². The van der Waals surface area contributed by atoms with Crippen molar-refractivity contribution in [1.82, 2.24) is 10.2 Å². The number of aliphatic hydroxyl groups excluding tert-OH is 1. The van der Waals surface area contributed by atoms with Crippen LogP contribution >= 0.6 is 15.9 Å². The molecule has 5 bridgehead atoms. The Balaban J connectivity index is 1.66. The molecule has 0 unspecified atom stereocenters. The number of cyclic esters (lactones) is 1. The molecule has 10 nitrogen and oxygen atoms in total. The van der Waals surface area contributed by atoms with Crippen LogP contribution in [0.15, 0.2) is 40.9 Å². The van der Waals surface area contributed by atoms with Gasteiger partial charge in [-0.25, -0.2) is 0 Å². The second kappa shape index (κ2) is 11.3. The average Bonchev–Trinajstić information content (AvgIpc) is 3.53. The van der Waals surface area contributed by atoms with Gasteiger partial charge in [-0.1, -0.05) is 40.2 Å². The molecule has 11 heteroatoms. The smallest absolute Gasteiger partial charge is 0.313 e. The first kappa shape index (κ1) is 29.5. The minimum Gasteiger partial charge on any atom is -0.460 e. The summed E-state index contributed by atoms with van der Waals surface area (Å²) in [6.45, 7) is 7.14. The molecule has 2 N–H and O–H groups in total. The van der Waals surface area contributed by atoms with Gasteiger partial charge >= 0.3 is 5.97 Å². The molecular formula is C30H36BrN3O7. The number of ether oxygens (including phenoxy) is 2. The third-order valence-corrected chi connectivity index (χ3v) is 9.11. The molecule has 2 saturated heterocycles. The number of benzene rings is 1. The maximum absolute atomic E-state index is 14.8. The summed E-state index contributed by atoms with van der Waals surface area (Å²) in [5.74, 6) is -3.66. The molecule has 1 spiro atoms. The van der Waals surface area contributed by atoms with Crippen LogP contribution in [0, 0.1) is 25.7 Å². The quantitative estimate of drug-likeness (QED) is 0.388. The summed E-state index contributed by atoms with van der Waals surface area (Å²) >= 11 is 3.53. The number of aliphatic hydroxyl groups is 1. The van der Waals surface area contributed by atoms with Crippen LogP contribution < -0.4 is 10.2 Å². The summed E-state index contributed by atoms with van der Waals surface area (Å²) in [5, 5.41) is 13.0. The number of carbonyl (C=O) groups excluding carboxylic acids is 4. The molecule has 4 aliphatic rings. The van der Waals surface area contributed by atoms with E-state index in [0.29, 0.717) is 16.6 Å². The largest absolute Gasteiger partial charge is 0.460 e. The first-order valence-electron chi connectivity index (χ1n) is 14.0. The van der Waals surface area contributed by atoms with Crippen molar-refractivity contribution in [2.75, 3.05) is 24.6 Å². The number of nitrogens with zero attached hydrogens (tertiary/aromatic N) is 2. The Morgan fingerprint density at radius 1 is 1.17 bits per heavy atom. The van der Waals surface area contributed by atoms with E-state index in [-0.39, 0.29) is 37.9 Å². The second-order valence-corrected chi connectivity index (χ2v) is 12.3. The monoisotopic (exact) mass is 629 g/mol. The zero-order chi connectivity index (χ0) is 29.6. The van der Waals surface area contributed by atoms with Crippen molar-refractivity contribution >= 4 is 45.3 Å². The lowest BCUT2D eigenvalue weighted by Crippen LogP contribution is -2.58. The third kappa shape index (κ3) is 5.02. The normalized spacial score (nSPS) is 33.8. The number of amides is 3. The van der Waals surface area contributed by atoms with Crippen molar-refractivity contribution in [3.8, 4) is 0 Å². The summed E-state index contributed by atoms with van der Waals surface area (Å²) < 4.78 is 12.7. The highest BCUT2D eigenvalue weighted by atomic mass is 79.9. The fourth-order valence-corrected chi connectivity index (χ4v) is 7.15. The number of halogens is 1. The van der Waals surface area contributed by atoms with Gasteiger partial charge in [0, 0.05) is 23.1 Å². The van der Waals surface area contributed by atoms with Crippen LogP contribution in [0.1, 0.15) is 37.8 Å². The zero-order valence-corrected chi connectivity index (χ0v) is 25.2. The number of nitrogens with one attached hydrogen (secondary N) is 1. The van der Waals surface area contributed by atoms with E-state index in [1.165, 1.54) is 4.90 Å². The lowest BCUT2D eigenvalue weighted by atomic mass is 9.74. The van der Waals surface area contributed by atoms with Crippen LogP contribution in [-0.2, 0) is 28.7 Å². The van der Waals surface area contributed by atoms with Crippen molar-refractivity contribution < 1.29 is 33.8 Å². The molecule has 0 radical (unpaired) electrons. The van der Waals surface area contributed by atoms with E-state index >= 15 is 0 Å². The molecule has 7 atom stereocenters. The molecule has 0 aromatic heterocycles. The number of likely N-dealkylation sites (tertiary alicyclic amines) is 1. The Labute approximate surface area is 247 Å². The number of esters is 1. The van der Waals surface area contributed by atoms with Gasteiger partial charge in [0.1, 0.15) is 29.8 Å². The molecule has 2 fully saturated rings. The number of allylic oxidation sites excluding steroid dienone is 1. The van der Waals surface area contributed by atoms with Gasteiger partial charge in [0.15, 0.2) is 0 Å². The summed E-state index contributed by atoms with van der Waals surface area (Å²) in [6, 6.07) is 3.97. The van der Waals surface area contributed by atoms with Crippen LogP contribution in [0.3, 0.4) is 0 Å². The van der Waals surface area contributed by atoms with Gasteiger partial charge in [-0.3, -0.25) is 19.2 Å². The fourth-order valence-electron chi connectivity index (χ4n) is 6.41. The van der Waals surface area contributed by atoms with Crippen LogP contribution in [0.5, 0.6) is 0 Å². The molecule has 0 aliphatic carbocycles. The number of rotatable bonds is 3. The highest BCUT2D eigenvalue weighted by molar-refractivity contribution is 9.11. The van der Waals surface area contributed by atoms with E-state index in [1.54, 1.807) is 24.8 Å². The maximum atomic E-state index is 14.8. The standard InChI is InChI=1S/C30H36BrN3O7/c1-16-9-10-17(2)21(12-16)33-11-7-5-6-8-22(36)32-14-19(4)40-29(39)23-24-27(37)34(18(3)15-35)26(28(33)38)30(24)13-20(31)25(23)41-30/h5,7,9-10,12-13,18-19,23-26,35H,6,8,11,14-15H2,1-4H3,(H,32,36)/b7-5-/t18-,19+,23-,24+,25-,26-,30+/m1/s1. The van der Waals surface area contributed by atoms with Gasteiger partial charge in [0.2, 0.25) is 11.8 Å². The molecule has 4 aliphatic heterocycles. The third-order valence-electron chi connectivity index (χ3n) is 8.43. The van der Waals surface area contributed by atoms with Crippen LogP contribution in [-0.4, -0.2) is 83.3 Å². The van der Waals surface area contributed by atoms with Gasteiger partial charge in [-0.2, -0.15) is 0 Å². The predicted molar refractivity (Wildman–Crippen MR) is 154 cm³/mol. The average molecular weight is 631 g/mol. The van der Waals surface area contributed by atoms with Crippen molar-refractivity contribution in [2.24, 2.45) is 11.8 Å². The van der Waals surface area contributed by atoms with E-state index in [4.69, 9.17) is 9.47 Å². The highest BCUT2D eigenvalue weighted by Crippen LogP contribution is 2.59. The number of fused-ring (bicyclic) bond motifs is 2. The zero-order valence-electron chi connectivity index (χ0n) is 23.6. The lowest BCUT2D eigenvalue weighted by molar-refractivity contribution is -0.159.